The molecule has 0 spiro atoms. The SMILES string of the molecule is Cc1sc2nc(CS[C@H](C)C(=O)OCC(=O)c3c[nH]c4ccccc34)[nH]c(=O)c2c1C. The third-order valence-electron chi connectivity index (χ3n) is 5.13. The number of carbonyl (C=O) groups is 2. The van der Waals surface area contributed by atoms with E-state index in [4.69, 9.17) is 4.74 Å². The van der Waals surface area contributed by atoms with E-state index in [1.165, 1.54) is 23.1 Å². The number of Topliss-reactive ketones (excluding diaryl/α,β-unsaturated/α-hetero) is 1. The van der Waals surface area contributed by atoms with Gasteiger partial charge in [-0.25, -0.2) is 4.98 Å². The molecule has 0 bridgehead atoms. The van der Waals surface area contributed by atoms with Crippen molar-refractivity contribution in [3.05, 3.63) is 62.6 Å². The Morgan fingerprint density at radius 1 is 1.26 bits per heavy atom. The maximum Gasteiger partial charge on any atom is 0.319 e. The van der Waals surface area contributed by atoms with Gasteiger partial charge in [0.15, 0.2) is 6.61 Å². The minimum absolute atomic E-state index is 0.165. The highest BCUT2D eigenvalue weighted by atomic mass is 32.2. The second-order valence-electron chi connectivity index (χ2n) is 7.21. The van der Waals surface area contributed by atoms with E-state index in [2.05, 4.69) is 15.0 Å². The number of esters is 1. The van der Waals surface area contributed by atoms with Crippen molar-refractivity contribution in [2.45, 2.75) is 31.8 Å². The lowest BCUT2D eigenvalue weighted by Crippen LogP contribution is -2.21. The normalized spacial score (nSPS) is 12.4. The summed E-state index contributed by atoms with van der Waals surface area (Å²) in [7, 11) is 0. The molecule has 4 aromatic rings. The topological polar surface area (TPSA) is 105 Å². The van der Waals surface area contributed by atoms with Crippen molar-refractivity contribution in [3.8, 4) is 0 Å². The first-order valence-corrected chi connectivity index (χ1v) is 11.6. The zero-order chi connectivity index (χ0) is 22.1. The molecule has 3 heterocycles. The van der Waals surface area contributed by atoms with E-state index in [0.29, 0.717) is 27.4 Å². The number of rotatable bonds is 7. The van der Waals surface area contributed by atoms with Crippen LogP contribution in [0.5, 0.6) is 0 Å². The molecule has 2 N–H and O–H groups in total. The lowest BCUT2D eigenvalue weighted by molar-refractivity contribution is -0.141. The van der Waals surface area contributed by atoms with Crippen molar-refractivity contribution in [1.29, 1.82) is 0 Å². The van der Waals surface area contributed by atoms with E-state index in [9.17, 15) is 14.4 Å². The Morgan fingerprint density at radius 3 is 2.84 bits per heavy atom. The lowest BCUT2D eigenvalue weighted by Gasteiger charge is -2.10. The highest BCUT2D eigenvalue weighted by Crippen LogP contribution is 2.26. The van der Waals surface area contributed by atoms with Crippen LogP contribution in [0.3, 0.4) is 0 Å². The van der Waals surface area contributed by atoms with E-state index in [1.54, 1.807) is 13.1 Å². The maximum atomic E-state index is 12.5. The first-order valence-electron chi connectivity index (χ1n) is 9.71. The Balaban J connectivity index is 1.35. The van der Waals surface area contributed by atoms with Crippen molar-refractivity contribution in [2.75, 3.05) is 6.61 Å². The number of thioether (sulfide) groups is 1. The van der Waals surface area contributed by atoms with Crippen LogP contribution < -0.4 is 5.56 Å². The number of aromatic nitrogens is 3. The number of ether oxygens (including phenoxy) is 1. The molecule has 9 heteroatoms. The molecule has 0 saturated heterocycles. The summed E-state index contributed by atoms with van der Waals surface area (Å²) < 4.78 is 5.23. The molecule has 0 aliphatic heterocycles. The predicted octanol–water partition coefficient (Wildman–Crippen LogP) is 4.13. The lowest BCUT2D eigenvalue weighted by atomic mass is 10.1. The van der Waals surface area contributed by atoms with Crippen LogP contribution in [-0.2, 0) is 15.3 Å². The monoisotopic (exact) mass is 455 g/mol. The second-order valence-corrected chi connectivity index (χ2v) is 9.74. The fourth-order valence-electron chi connectivity index (χ4n) is 3.27. The second kappa shape index (κ2) is 8.68. The number of hydrogen-bond acceptors (Lipinski definition) is 7. The number of benzene rings is 1. The number of aromatic amines is 2. The number of ketones is 1. The number of fused-ring (bicyclic) bond motifs is 2. The molecule has 0 aliphatic carbocycles. The quantitative estimate of drug-likeness (QED) is 0.321. The van der Waals surface area contributed by atoms with Gasteiger partial charge in [0.1, 0.15) is 15.9 Å². The summed E-state index contributed by atoms with van der Waals surface area (Å²) in [5.74, 6) is 0.124. The summed E-state index contributed by atoms with van der Waals surface area (Å²) in [5, 5.41) is 0.915. The van der Waals surface area contributed by atoms with Crippen LogP contribution in [0.25, 0.3) is 21.1 Å². The molecule has 160 valence electrons. The molecule has 0 amide bonds. The molecule has 3 aromatic heterocycles. The van der Waals surface area contributed by atoms with Crippen LogP contribution in [0.2, 0.25) is 0 Å². The zero-order valence-corrected chi connectivity index (χ0v) is 18.9. The van der Waals surface area contributed by atoms with Gasteiger partial charge in [-0.15, -0.1) is 23.1 Å². The molecule has 1 atom stereocenters. The largest absolute Gasteiger partial charge is 0.456 e. The number of nitrogens with one attached hydrogen (secondary N) is 2. The van der Waals surface area contributed by atoms with Crippen LogP contribution in [0.4, 0.5) is 0 Å². The Labute approximate surface area is 186 Å². The van der Waals surface area contributed by atoms with Gasteiger partial charge in [0.05, 0.1) is 11.1 Å². The molecule has 0 aliphatic rings. The van der Waals surface area contributed by atoms with Crippen LogP contribution in [0, 0.1) is 13.8 Å². The van der Waals surface area contributed by atoms with E-state index in [-0.39, 0.29) is 17.9 Å². The van der Waals surface area contributed by atoms with Gasteiger partial charge in [-0.3, -0.25) is 14.4 Å². The first-order chi connectivity index (χ1) is 14.8. The third kappa shape index (κ3) is 4.28. The number of para-hydroxylation sites is 1. The molecule has 1 aromatic carbocycles. The summed E-state index contributed by atoms with van der Waals surface area (Å²) in [6.45, 7) is 5.26. The summed E-state index contributed by atoms with van der Waals surface area (Å²) in [5.41, 5.74) is 2.14. The standard InChI is InChI=1S/C22H21N3O4S2/c1-11-12(2)31-21-19(11)20(27)24-18(25-21)10-30-13(3)22(28)29-9-17(26)15-8-23-16-7-5-4-6-14(15)16/h4-8,13,23H,9-10H2,1-3H3,(H,24,25,27)/t13-/m1/s1. The van der Waals surface area contributed by atoms with Gasteiger partial charge in [-0.2, -0.15) is 0 Å². The van der Waals surface area contributed by atoms with Crippen molar-refractivity contribution >= 4 is 56.0 Å². The summed E-state index contributed by atoms with van der Waals surface area (Å²) in [4.78, 5) is 49.3. The Morgan fingerprint density at radius 2 is 2.03 bits per heavy atom. The maximum absolute atomic E-state index is 12.5. The molecule has 4 rings (SSSR count). The molecule has 0 fully saturated rings. The molecule has 0 unspecified atom stereocenters. The van der Waals surface area contributed by atoms with Crippen molar-refractivity contribution < 1.29 is 14.3 Å². The van der Waals surface area contributed by atoms with Crippen molar-refractivity contribution in [2.24, 2.45) is 0 Å². The van der Waals surface area contributed by atoms with Crippen LogP contribution >= 0.6 is 23.1 Å². The first kappa shape index (κ1) is 21.3. The summed E-state index contributed by atoms with van der Waals surface area (Å²) in [6, 6.07) is 7.46. The minimum atomic E-state index is -0.511. The average molecular weight is 456 g/mol. The van der Waals surface area contributed by atoms with Crippen LogP contribution in [-0.4, -0.2) is 38.6 Å². The fraction of sp³-hybridized carbons (Fsp3) is 0.273. The third-order valence-corrected chi connectivity index (χ3v) is 7.36. The molecule has 31 heavy (non-hydrogen) atoms. The van der Waals surface area contributed by atoms with Gasteiger partial charge in [0, 0.05) is 27.5 Å². The highest BCUT2D eigenvalue weighted by molar-refractivity contribution is 7.99. The zero-order valence-electron chi connectivity index (χ0n) is 17.3. The molecular weight excluding hydrogens is 434 g/mol. The number of carbonyl (C=O) groups excluding carboxylic acids is 2. The molecule has 0 radical (unpaired) electrons. The van der Waals surface area contributed by atoms with E-state index in [0.717, 1.165) is 21.3 Å². The minimum Gasteiger partial charge on any atom is -0.456 e. The van der Waals surface area contributed by atoms with E-state index in [1.807, 2.05) is 38.1 Å². The number of H-pyrrole nitrogens is 2. The number of thiophene rings is 1. The van der Waals surface area contributed by atoms with Gasteiger partial charge in [0.25, 0.3) is 5.56 Å². The number of nitrogens with zero attached hydrogens (tertiary/aromatic N) is 1. The van der Waals surface area contributed by atoms with E-state index < -0.39 is 11.2 Å². The van der Waals surface area contributed by atoms with Crippen LogP contribution in [0.15, 0.2) is 35.3 Å². The molecule has 7 nitrogen and oxygen atoms in total. The van der Waals surface area contributed by atoms with Gasteiger partial charge in [-0.05, 0) is 32.4 Å². The smallest absolute Gasteiger partial charge is 0.319 e. The fourth-order valence-corrected chi connectivity index (χ4v) is 5.07. The van der Waals surface area contributed by atoms with Gasteiger partial charge in [-0.1, -0.05) is 18.2 Å². The molecule has 0 saturated carbocycles. The predicted molar refractivity (Wildman–Crippen MR) is 124 cm³/mol. The Kier molecular flexibility index (Phi) is 5.97. The average Bonchev–Trinajstić information content (AvgIpc) is 3.31. The Bertz CT molecular complexity index is 1350. The van der Waals surface area contributed by atoms with E-state index >= 15 is 0 Å². The molecular formula is C22H21N3O4S2. The highest BCUT2D eigenvalue weighted by Gasteiger charge is 2.20. The summed E-state index contributed by atoms with van der Waals surface area (Å²) in [6.07, 6.45) is 1.63. The summed E-state index contributed by atoms with van der Waals surface area (Å²) >= 11 is 2.78. The number of hydrogen-bond donors (Lipinski definition) is 2. The number of aryl methyl sites for hydroxylation is 2. The Hall–Kier alpha value is -2.91. The van der Waals surface area contributed by atoms with Crippen molar-refractivity contribution in [1.82, 2.24) is 15.0 Å². The van der Waals surface area contributed by atoms with Gasteiger partial charge < -0.3 is 14.7 Å². The van der Waals surface area contributed by atoms with Crippen molar-refractivity contribution in [3.63, 3.8) is 0 Å². The van der Waals surface area contributed by atoms with Crippen LogP contribution in [0.1, 0.15) is 33.5 Å². The van der Waals surface area contributed by atoms with Gasteiger partial charge in [0.2, 0.25) is 5.78 Å². The van der Waals surface area contributed by atoms with Gasteiger partial charge >= 0.3 is 5.97 Å².